The van der Waals surface area contributed by atoms with E-state index in [0.29, 0.717) is 5.92 Å². The number of likely N-dealkylation sites (N-methyl/N-ethyl adjacent to an activating group) is 1. The Labute approximate surface area is 124 Å². The number of hydrogen-bond acceptors (Lipinski definition) is 4. The van der Waals surface area contributed by atoms with Crippen LogP contribution in [0.4, 0.5) is 0 Å². The lowest BCUT2D eigenvalue weighted by Crippen LogP contribution is -2.45. The van der Waals surface area contributed by atoms with E-state index >= 15 is 0 Å². The van der Waals surface area contributed by atoms with Crippen LogP contribution in [-0.2, 0) is 14.3 Å². The second-order valence-electron chi connectivity index (χ2n) is 5.76. The van der Waals surface area contributed by atoms with Crippen LogP contribution in [0.3, 0.4) is 0 Å². The fraction of sp³-hybridized carbons (Fsp3) is 0.929. The van der Waals surface area contributed by atoms with Crippen LogP contribution >= 0.6 is 12.4 Å². The van der Waals surface area contributed by atoms with E-state index in [2.05, 4.69) is 19.2 Å². The summed E-state index contributed by atoms with van der Waals surface area (Å²) < 4.78 is 10.8. The van der Waals surface area contributed by atoms with Crippen LogP contribution in [0.25, 0.3) is 0 Å². The predicted octanol–water partition coefficient (Wildman–Crippen LogP) is 2.79. The van der Waals surface area contributed by atoms with Gasteiger partial charge in [0.05, 0.1) is 12.5 Å². The van der Waals surface area contributed by atoms with Gasteiger partial charge in [0.1, 0.15) is 5.60 Å². The Morgan fingerprint density at radius 3 is 2.16 bits per heavy atom. The van der Waals surface area contributed by atoms with Gasteiger partial charge in [-0.05, 0) is 33.7 Å². The molecule has 0 bridgehead atoms. The van der Waals surface area contributed by atoms with E-state index in [-0.39, 0.29) is 36.9 Å². The first-order valence-electron chi connectivity index (χ1n) is 6.67. The van der Waals surface area contributed by atoms with Gasteiger partial charge in [-0.15, -0.1) is 12.4 Å². The minimum absolute atomic E-state index is 0. The highest BCUT2D eigenvalue weighted by molar-refractivity contribution is 5.85. The molecule has 0 amide bonds. The maximum Gasteiger partial charge on any atom is 0.309 e. The molecule has 1 N–H and O–H groups in total. The fourth-order valence-electron chi connectivity index (χ4n) is 2.00. The predicted molar refractivity (Wildman–Crippen MR) is 80.8 cm³/mol. The van der Waals surface area contributed by atoms with Crippen LogP contribution in [0.15, 0.2) is 0 Å². The van der Waals surface area contributed by atoms with Crippen molar-refractivity contribution in [1.82, 2.24) is 5.32 Å². The van der Waals surface area contributed by atoms with E-state index < -0.39 is 5.60 Å². The quantitative estimate of drug-likeness (QED) is 0.734. The number of halogens is 1. The summed E-state index contributed by atoms with van der Waals surface area (Å²) in [5.41, 5.74) is -0.444. The van der Waals surface area contributed by atoms with Crippen molar-refractivity contribution in [1.29, 1.82) is 0 Å². The molecule has 0 rings (SSSR count). The fourth-order valence-corrected chi connectivity index (χ4v) is 2.00. The van der Waals surface area contributed by atoms with Crippen LogP contribution in [0.5, 0.6) is 0 Å². The molecule has 0 aromatic heterocycles. The SMILES string of the molecule is CC[C@H](C)[C@H](NC)[C@H](CC(=O)OC(C)(C)C)OC.Cl. The van der Waals surface area contributed by atoms with Gasteiger partial charge in [-0.1, -0.05) is 20.3 Å². The molecule has 0 radical (unpaired) electrons. The normalized spacial score (nSPS) is 16.2. The summed E-state index contributed by atoms with van der Waals surface area (Å²) in [6, 6.07) is 0.160. The highest BCUT2D eigenvalue weighted by Crippen LogP contribution is 2.18. The average Bonchev–Trinajstić information content (AvgIpc) is 2.25. The summed E-state index contributed by atoms with van der Waals surface area (Å²) >= 11 is 0. The highest BCUT2D eigenvalue weighted by Gasteiger charge is 2.28. The first-order valence-corrected chi connectivity index (χ1v) is 6.67. The van der Waals surface area contributed by atoms with Crippen molar-refractivity contribution >= 4 is 18.4 Å². The molecule has 0 aromatic carbocycles. The molecule has 0 spiro atoms. The lowest BCUT2D eigenvalue weighted by Gasteiger charge is -2.30. The Bertz CT molecular complexity index is 254. The minimum atomic E-state index is -0.444. The molecule has 116 valence electrons. The van der Waals surface area contributed by atoms with Gasteiger partial charge in [0.25, 0.3) is 0 Å². The van der Waals surface area contributed by atoms with E-state index in [1.165, 1.54) is 0 Å². The molecule has 4 nitrogen and oxygen atoms in total. The van der Waals surface area contributed by atoms with Crippen LogP contribution in [0.1, 0.15) is 47.5 Å². The van der Waals surface area contributed by atoms with E-state index in [0.717, 1.165) is 6.42 Å². The molecular formula is C14H30ClNO3. The van der Waals surface area contributed by atoms with Gasteiger partial charge in [0.2, 0.25) is 0 Å². The number of esters is 1. The highest BCUT2D eigenvalue weighted by atomic mass is 35.5. The summed E-state index contributed by atoms with van der Waals surface area (Å²) in [4.78, 5) is 11.8. The summed E-state index contributed by atoms with van der Waals surface area (Å²) in [6.45, 7) is 9.91. The van der Waals surface area contributed by atoms with Gasteiger partial charge in [-0.3, -0.25) is 4.79 Å². The lowest BCUT2D eigenvalue weighted by molar-refractivity contribution is -0.158. The van der Waals surface area contributed by atoms with Crippen molar-refractivity contribution in [3.8, 4) is 0 Å². The molecular weight excluding hydrogens is 266 g/mol. The van der Waals surface area contributed by atoms with Gasteiger partial charge in [-0.2, -0.15) is 0 Å². The van der Waals surface area contributed by atoms with E-state index in [9.17, 15) is 4.79 Å². The van der Waals surface area contributed by atoms with Crippen molar-refractivity contribution in [3.63, 3.8) is 0 Å². The van der Waals surface area contributed by atoms with Gasteiger partial charge >= 0.3 is 5.97 Å². The molecule has 5 heteroatoms. The van der Waals surface area contributed by atoms with Crippen molar-refractivity contribution in [2.75, 3.05) is 14.2 Å². The zero-order valence-electron chi connectivity index (χ0n) is 13.3. The summed E-state index contributed by atoms with van der Waals surface area (Å²) in [5.74, 6) is 0.236. The zero-order chi connectivity index (χ0) is 14.3. The van der Waals surface area contributed by atoms with Crippen molar-refractivity contribution in [3.05, 3.63) is 0 Å². The zero-order valence-corrected chi connectivity index (χ0v) is 14.1. The molecule has 0 unspecified atom stereocenters. The Morgan fingerprint density at radius 2 is 1.84 bits per heavy atom. The molecule has 0 saturated heterocycles. The van der Waals surface area contributed by atoms with E-state index in [1.807, 2.05) is 27.8 Å². The maximum atomic E-state index is 11.8. The number of rotatable bonds is 7. The molecule has 0 fully saturated rings. The Kier molecular flexibility index (Phi) is 10.6. The minimum Gasteiger partial charge on any atom is -0.460 e. The van der Waals surface area contributed by atoms with Gasteiger partial charge in [-0.25, -0.2) is 0 Å². The Morgan fingerprint density at radius 1 is 1.32 bits per heavy atom. The van der Waals surface area contributed by atoms with Crippen LogP contribution in [0, 0.1) is 5.92 Å². The number of ether oxygens (including phenoxy) is 2. The maximum absolute atomic E-state index is 11.8. The number of nitrogens with one attached hydrogen (secondary N) is 1. The van der Waals surface area contributed by atoms with Crippen molar-refractivity contribution in [2.45, 2.75) is 65.2 Å². The monoisotopic (exact) mass is 295 g/mol. The topological polar surface area (TPSA) is 47.6 Å². The van der Waals surface area contributed by atoms with Crippen molar-refractivity contribution < 1.29 is 14.3 Å². The van der Waals surface area contributed by atoms with Gasteiger partial charge in [0.15, 0.2) is 0 Å². The van der Waals surface area contributed by atoms with Crippen molar-refractivity contribution in [2.24, 2.45) is 5.92 Å². The van der Waals surface area contributed by atoms with Crippen LogP contribution in [0.2, 0.25) is 0 Å². The Hall–Kier alpha value is -0.320. The number of methoxy groups -OCH3 is 1. The molecule has 3 atom stereocenters. The molecule has 0 saturated carbocycles. The largest absolute Gasteiger partial charge is 0.460 e. The second kappa shape index (κ2) is 9.56. The molecule has 19 heavy (non-hydrogen) atoms. The summed E-state index contributed by atoms with van der Waals surface area (Å²) in [6.07, 6.45) is 1.17. The van der Waals surface area contributed by atoms with E-state index in [1.54, 1.807) is 7.11 Å². The molecule has 0 aliphatic heterocycles. The molecule has 0 aliphatic carbocycles. The first kappa shape index (κ1) is 21.0. The van der Waals surface area contributed by atoms with Gasteiger partial charge in [0, 0.05) is 13.2 Å². The average molecular weight is 296 g/mol. The summed E-state index contributed by atoms with van der Waals surface area (Å²) in [7, 11) is 3.54. The number of carbonyl (C=O) groups excluding carboxylic acids is 1. The molecule has 0 aromatic rings. The Balaban J connectivity index is 0. The second-order valence-corrected chi connectivity index (χ2v) is 5.76. The third-order valence-corrected chi connectivity index (χ3v) is 3.08. The van der Waals surface area contributed by atoms with Crippen LogP contribution in [-0.4, -0.2) is 37.9 Å². The lowest BCUT2D eigenvalue weighted by atomic mass is 9.92. The van der Waals surface area contributed by atoms with Crippen LogP contribution < -0.4 is 5.32 Å². The van der Waals surface area contributed by atoms with Gasteiger partial charge < -0.3 is 14.8 Å². The summed E-state index contributed by atoms with van der Waals surface area (Å²) in [5, 5.41) is 3.24. The molecule has 0 heterocycles. The number of carbonyl (C=O) groups is 1. The smallest absolute Gasteiger partial charge is 0.309 e. The third kappa shape index (κ3) is 8.45. The standard InChI is InChI=1S/C14H29NO3.ClH/c1-8-10(2)13(15-6)11(17-7)9-12(16)18-14(3,4)5;/h10-11,13,15H,8-9H2,1-7H3;1H/t10-,11-,13-;/m0./s1. The third-order valence-electron chi connectivity index (χ3n) is 3.08. The number of hydrogen-bond donors (Lipinski definition) is 1. The first-order chi connectivity index (χ1) is 8.25. The van der Waals surface area contributed by atoms with E-state index in [4.69, 9.17) is 9.47 Å². The molecule has 0 aliphatic rings.